The molecular formula is C33H42N4O2. The highest BCUT2D eigenvalue weighted by Gasteiger charge is 2.32. The number of aromatic amines is 1. The van der Waals surface area contributed by atoms with Crippen LogP contribution in [0.1, 0.15) is 99.3 Å². The van der Waals surface area contributed by atoms with E-state index in [2.05, 4.69) is 41.3 Å². The van der Waals surface area contributed by atoms with Gasteiger partial charge >= 0.3 is 0 Å². The lowest BCUT2D eigenvalue weighted by atomic mass is 9.88. The zero-order valence-corrected chi connectivity index (χ0v) is 23.2. The molecule has 5 rings (SSSR count). The van der Waals surface area contributed by atoms with E-state index in [0.29, 0.717) is 12.0 Å². The predicted molar refractivity (Wildman–Crippen MR) is 157 cm³/mol. The highest BCUT2D eigenvalue weighted by atomic mass is 16.2. The number of H-pyrrole nitrogens is 1. The Bertz CT molecular complexity index is 1250. The zero-order valence-electron chi connectivity index (χ0n) is 23.2. The molecule has 1 aromatic carbocycles. The number of allylic oxidation sites excluding steroid dienone is 2. The molecule has 2 amide bonds. The number of nitrogens with one attached hydrogen (secondary N) is 3. The standard InChI is InChI=1S/C33H42N4O2/c1-3-4-11-23-12-9-10-15-27(23)36-31(38)26-18-16-24(17-19-26)30-34-28-20-21-33(2,22-29(28)35-30)37-32(39)25-13-7-5-6-8-14-25/h3,11,16-21,25,27H,1,4-10,12-15,22H2,2H3,(H,34,35)(H,36,38)(H,37,39)/b23-11+. The third-order valence-electron chi connectivity index (χ3n) is 8.53. The van der Waals surface area contributed by atoms with Crippen molar-refractivity contribution >= 4 is 17.9 Å². The van der Waals surface area contributed by atoms with Gasteiger partial charge in [0.15, 0.2) is 0 Å². The van der Waals surface area contributed by atoms with Crippen LogP contribution in [0, 0.1) is 5.92 Å². The molecule has 2 unspecified atom stereocenters. The summed E-state index contributed by atoms with van der Waals surface area (Å²) in [5, 5.41) is 6.56. The van der Waals surface area contributed by atoms with Gasteiger partial charge in [-0.15, -0.1) is 6.58 Å². The van der Waals surface area contributed by atoms with Crippen molar-refractivity contribution in [1.82, 2.24) is 20.6 Å². The highest BCUT2D eigenvalue weighted by Crippen LogP contribution is 2.30. The molecule has 0 saturated heterocycles. The van der Waals surface area contributed by atoms with Crippen LogP contribution in [0.2, 0.25) is 0 Å². The van der Waals surface area contributed by atoms with E-state index >= 15 is 0 Å². The second kappa shape index (κ2) is 12.2. The van der Waals surface area contributed by atoms with E-state index in [1.165, 1.54) is 24.8 Å². The Morgan fingerprint density at radius 1 is 1.08 bits per heavy atom. The summed E-state index contributed by atoms with van der Waals surface area (Å²) in [6.45, 7) is 5.89. The number of aromatic nitrogens is 2. The van der Waals surface area contributed by atoms with Gasteiger partial charge in [0.25, 0.3) is 5.91 Å². The fourth-order valence-corrected chi connectivity index (χ4v) is 6.23. The fourth-order valence-electron chi connectivity index (χ4n) is 6.23. The number of amides is 2. The van der Waals surface area contributed by atoms with Crippen molar-refractivity contribution in [2.75, 3.05) is 0 Å². The molecule has 2 aromatic rings. The molecule has 3 aliphatic carbocycles. The fraction of sp³-hybridized carbons (Fsp3) is 0.485. The van der Waals surface area contributed by atoms with E-state index in [1.807, 2.05) is 36.4 Å². The Hall–Kier alpha value is -3.41. The summed E-state index contributed by atoms with van der Waals surface area (Å²) in [5.74, 6) is 1.04. The molecule has 2 saturated carbocycles. The molecule has 206 valence electrons. The summed E-state index contributed by atoms with van der Waals surface area (Å²) in [7, 11) is 0. The van der Waals surface area contributed by atoms with Crippen LogP contribution in [0.3, 0.4) is 0 Å². The normalized spacial score (nSPS) is 24.5. The maximum Gasteiger partial charge on any atom is 0.251 e. The summed E-state index contributed by atoms with van der Waals surface area (Å²) < 4.78 is 0. The maximum atomic E-state index is 13.0. The number of nitrogens with zero attached hydrogens (tertiary/aromatic N) is 1. The van der Waals surface area contributed by atoms with Gasteiger partial charge in [0.05, 0.1) is 17.3 Å². The molecular weight excluding hydrogens is 484 g/mol. The molecule has 1 heterocycles. The van der Waals surface area contributed by atoms with Gasteiger partial charge in [-0.2, -0.15) is 0 Å². The van der Waals surface area contributed by atoms with Crippen molar-refractivity contribution in [1.29, 1.82) is 0 Å². The molecule has 0 spiro atoms. The first-order valence-electron chi connectivity index (χ1n) is 14.8. The monoisotopic (exact) mass is 526 g/mol. The van der Waals surface area contributed by atoms with Gasteiger partial charge in [0.1, 0.15) is 5.82 Å². The van der Waals surface area contributed by atoms with Crippen molar-refractivity contribution in [3.05, 3.63) is 71.6 Å². The number of imidazole rings is 1. The Balaban J connectivity index is 1.22. The molecule has 6 heteroatoms. The Morgan fingerprint density at radius 3 is 2.56 bits per heavy atom. The summed E-state index contributed by atoms with van der Waals surface area (Å²) >= 11 is 0. The van der Waals surface area contributed by atoms with E-state index in [0.717, 1.165) is 74.1 Å². The molecule has 1 aromatic heterocycles. The summed E-state index contributed by atoms with van der Waals surface area (Å²) in [6, 6.07) is 7.74. The second-order valence-electron chi connectivity index (χ2n) is 11.7. The molecule has 39 heavy (non-hydrogen) atoms. The van der Waals surface area contributed by atoms with Crippen LogP contribution in [0.25, 0.3) is 17.5 Å². The van der Waals surface area contributed by atoms with Crippen LogP contribution in [0.5, 0.6) is 0 Å². The van der Waals surface area contributed by atoms with Crippen LogP contribution >= 0.6 is 0 Å². The van der Waals surface area contributed by atoms with Gasteiger partial charge in [-0.3, -0.25) is 9.59 Å². The van der Waals surface area contributed by atoms with Gasteiger partial charge in [-0.25, -0.2) is 4.98 Å². The van der Waals surface area contributed by atoms with Crippen LogP contribution in [0.15, 0.2) is 54.6 Å². The van der Waals surface area contributed by atoms with E-state index in [9.17, 15) is 9.59 Å². The predicted octanol–water partition coefficient (Wildman–Crippen LogP) is 6.67. The molecule has 6 nitrogen and oxygen atoms in total. The molecule has 0 bridgehead atoms. The summed E-state index contributed by atoms with van der Waals surface area (Å²) in [6.07, 6.45) is 20.8. The molecule has 2 atom stereocenters. The number of hydrogen-bond acceptors (Lipinski definition) is 3. The number of carbonyl (C=O) groups is 2. The van der Waals surface area contributed by atoms with Gasteiger partial charge in [0, 0.05) is 29.2 Å². The molecule has 0 aliphatic heterocycles. The van der Waals surface area contributed by atoms with Gasteiger partial charge in [0.2, 0.25) is 5.91 Å². The first-order valence-corrected chi connectivity index (χ1v) is 14.8. The molecule has 3 N–H and O–H groups in total. The van der Waals surface area contributed by atoms with E-state index < -0.39 is 5.54 Å². The molecule has 3 aliphatic rings. The molecule has 2 fully saturated rings. The number of fused-ring (bicyclic) bond motifs is 1. The van der Waals surface area contributed by atoms with Gasteiger partial charge < -0.3 is 15.6 Å². The third kappa shape index (κ3) is 6.60. The minimum absolute atomic E-state index is 0.0418. The van der Waals surface area contributed by atoms with Crippen molar-refractivity contribution in [3.8, 4) is 11.4 Å². The third-order valence-corrected chi connectivity index (χ3v) is 8.53. The lowest BCUT2D eigenvalue weighted by Crippen LogP contribution is -2.49. The zero-order chi connectivity index (χ0) is 27.2. The lowest BCUT2D eigenvalue weighted by molar-refractivity contribution is -0.126. The SMILES string of the molecule is C=CC/C=C1\CCCCC1NC(=O)c1ccc(-c2nc3c([nH]2)CC(C)(NC(=O)C2CCCCCC2)C=C3)cc1. The first-order chi connectivity index (χ1) is 18.9. The Kier molecular flexibility index (Phi) is 8.49. The quantitative estimate of drug-likeness (QED) is 0.278. The topological polar surface area (TPSA) is 86.9 Å². The number of rotatable bonds is 7. The van der Waals surface area contributed by atoms with Gasteiger partial charge in [-0.1, -0.05) is 68.0 Å². The average Bonchev–Trinajstić information content (AvgIpc) is 3.15. The van der Waals surface area contributed by atoms with Crippen molar-refractivity contribution < 1.29 is 9.59 Å². The number of carbonyl (C=O) groups excluding carboxylic acids is 2. The second-order valence-corrected chi connectivity index (χ2v) is 11.7. The van der Waals surface area contributed by atoms with E-state index in [4.69, 9.17) is 4.98 Å². The van der Waals surface area contributed by atoms with Crippen LogP contribution < -0.4 is 10.6 Å². The van der Waals surface area contributed by atoms with Gasteiger partial charge in [-0.05, 0) is 63.7 Å². The van der Waals surface area contributed by atoms with Crippen molar-refractivity contribution in [2.45, 2.75) is 95.6 Å². The smallest absolute Gasteiger partial charge is 0.251 e. The van der Waals surface area contributed by atoms with Crippen molar-refractivity contribution in [3.63, 3.8) is 0 Å². The lowest BCUT2D eigenvalue weighted by Gasteiger charge is -2.31. The van der Waals surface area contributed by atoms with Crippen LogP contribution in [-0.2, 0) is 11.2 Å². The minimum atomic E-state index is -0.430. The number of hydrogen-bond donors (Lipinski definition) is 3. The first kappa shape index (κ1) is 27.2. The largest absolute Gasteiger partial charge is 0.347 e. The average molecular weight is 527 g/mol. The summed E-state index contributed by atoms with van der Waals surface area (Å²) in [4.78, 5) is 34.3. The molecule has 0 radical (unpaired) electrons. The number of benzene rings is 1. The van der Waals surface area contributed by atoms with Crippen LogP contribution in [0.4, 0.5) is 0 Å². The minimum Gasteiger partial charge on any atom is -0.347 e. The van der Waals surface area contributed by atoms with E-state index in [1.54, 1.807) is 0 Å². The Morgan fingerprint density at radius 2 is 1.82 bits per heavy atom. The van der Waals surface area contributed by atoms with E-state index in [-0.39, 0.29) is 23.8 Å². The maximum absolute atomic E-state index is 13.0. The Labute approximate surface area is 232 Å². The highest BCUT2D eigenvalue weighted by molar-refractivity contribution is 5.95. The van der Waals surface area contributed by atoms with Crippen molar-refractivity contribution in [2.24, 2.45) is 5.92 Å². The summed E-state index contributed by atoms with van der Waals surface area (Å²) in [5.41, 5.74) is 4.40. The van der Waals surface area contributed by atoms with Crippen LogP contribution in [-0.4, -0.2) is 33.4 Å².